The summed E-state index contributed by atoms with van der Waals surface area (Å²) in [5.74, 6) is -0.605. The Morgan fingerprint density at radius 2 is 1.96 bits per heavy atom. The van der Waals surface area contributed by atoms with Crippen molar-refractivity contribution in [1.82, 2.24) is 0 Å². The molecular weight excluding hydrogens is 409 g/mol. The van der Waals surface area contributed by atoms with Gasteiger partial charge in [-0.1, -0.05) is 11.6 Å². The van der Waals surface area contributed by atoms with Gasteiger partial charge in [-0.15, -0.1) is 12.4 Å². The number of hydrogen-bond acceptors (Lipinski definition) is 7. The lowest BCUT2D eigenvalue weighted by atomic mass is 10.1. The maximum atomic E-state index is 12.1. The third-order valence-electron chi connectivity index (χ3n) is 3.49. The summed E-state index contributed by atoms with van der Waals surface area (Å²) in [6, 6.07) is 7.29. The average molecular weight is 428 g/mol. The van der Waals surface area contributed by atoms with Crippen molar-refractivity contribution in [1.29, 1.82) is 0 Å². The molecule has 0 saturated carbocycles. The van der Waals surface area contributed by atoms with Gasteiger partial charge in [0.2, 0.25) is 5.91 Å². The Morgan fingerprint density at radius 1 is 1.25 bits per heavy atom. The molecule has 1 amide bonds. The second kappa shape index (κ2) is 10.4. The van der Waals surface area contributed by atoms with E-state index in [9.17, 15) is 14.9 Å². The van der Waals surface area contributed by atoms with Crippen molar-refractivity contribution in [3.63, 3.8) is 0 Å². The highest BCUT2D eigenvalue weighted by Gasteiger charge is 2.19. The number of nitro groups is 1. The van der Waals surface area contributed by atoms with Gasteiger partial charge in [-0.3, -0.25) is 14.9 Å². The molecule has 0 bridgehead atoms. The van der Waals surface area contributed by atoms with Crippen molar-refractivity contribution in [2.24, 2.45) is 0 Å². The second-order valence-electron chi connectivity index (χ2n) is 5.47. The van der Waals surface area contributed by atoms with Crippen LogP contribution < -0.4 is 22.1 Å². The van der Waals surface area contributed by atoms with E-state index in [2.05, 4.69) is 10.6 Å². The van der Waals surface area contributed by atoms with E-state index in [1.807, 2.05) is 0 Å². The Balaban J connectivity index is 0.00000392. The Hall–Kier alpha value is -3.01. The number of carbonyl (C=O) groups excluding carboxylic acids is 1. The molecule has 0 aliphatic carbocycles. The molecule has 0 radical (unpaired) electrons. The second-order valence-corrected chi connectivity index (χ2v) is 5.87. The van der Waals surface area contributed by atoms with Gasteiger partial charge in [-0.2, -0.15) is 0 Å². The maximum absolute atomic E-state index is 12.1. The van der Waals surface area contributed by atoms with E-state index in [0.29, 0.717) is 16.9 Å². The van der Waals surface area contributed by atoms with E-state index in [1.54, 1.807) is 18.2 Å². The Bertz CT molecular complexity index is 905. The van der Waals surface area contributed by atoms with E-state index in [1.165, 1.54) is 24.3 Å². The lowest BCUT2D eigenvalue weighted by Crippen LogP contribution is -2.11. The van der Waals surface area contributed by atoms with Gasteiger partial charge in [-0.25, -0.2) is 0 Å². The van der Waals surface area contributed by atoms with Gasteiger partial charge in [0, 0.05) is 30.1 Å². The fourth-order valence-corrected chi connectivity index (χ4v) is 2.45. The third kappa shape index (κ3) is 6.02. The zero-order chi connectivity index (χ0) is 20.0. The van der Waals surface area contributed by atoms with E-state index in [4.69, 9.17) is 28.2 Å². The first kappa shape index (κ1) is 23.0. The molecule has 7 N–H and O–H groups in total. The first-order valence-corrected chi connectivity index (χ1v) is 8.16. The van der Waals surface area contributed by atoms with Crippen LogP contribution in [0.1, 0.15) is 5.56 Å². The maximum Gasteiger partial charge on any atom is 0.294 e. The third-order valence-corrected chi connectivity index (χ3v) is 3.81. The fraction of sp³-hybridized carbons (Fsp3) is 0.118. The number of hydrogen-bond donors (Lipinski definition) is 5. The minimum Gasteiger partial charge on any atom is -0.399 e. The van der Waals surface area contributed by atoms with Gasteiger partial charge >= 0.3 is 0 Å². The SMILES string of the molecule is Cl.Nc1ccc(N)c(C=CC(=O)Nc2cc(Cl)c(NCCO)cc2[N+](=O)[O-])c1. The van der Waals surface area contributed by atoms with Crippen molar-refractivity contribution in [3.05, 3.63) is 57.1 Å². The molecule has 150 valence electrons. The summed E-state index contributed by atoms with van der Waals surface area (Å²) in [6.45, 7) is 0.00743. The molecule has 0 heterocycles. The summed E-state index contributed by atoms with van der Waals surface area (Å²) in [5.41, 5.74) is 12.8. The zero-order valence-electron chi connectivity index (χ0n) is 14.5. The topological polar surface area (TPSA) is 157 Å². The average Bonchev–Trinajstić information content (AvgIpc) is 2.61. The predicted octanol–water partition coefficient (Wildman–Crippen LogP) is 2.89. The molecule has 2 aromatic rings. The van der Waals surface area contributed by atoms with Crippen molar-refractivity contribution in [2.45, 2.75) is 0 Å². The molecule has 0 fully saturated rings. The molecule has 0 saturated heterocycles. The molecule has 9 nitrogen and oxygen atoms in total. The molecule has 2 rings (SSSR count). The molecule has 0 aliphatic rings. The highest BCUT2D eigenvalue weighted by atomic mass is 35.5. The molecule has 0 atom stereocenters. The number of benzene rings is 2. The van der Waals surface area contributed by atoms with Crippen LogP contribution in [-0.4, -0.2) is 29.1 Å². The van der Waals surface area contributed by atoms with Crippen molar-refractivity contribution < 1.29 is 14.8 Å². The first-order chi connectivity index (χ1) is 12.8. The van der Waals surface area contributed by atoms with E-state index in [-0.39, 0.29) is 47.6 Å². The van der Waals surface area contributed by atoms with Crippen molar-refractivity contribution in [3.8, 4) is 0 Å². The van der Waals surface area contributed by atoms with Gasteiger partial charge in [-0.05, 0) is 35.9 Å². The van der Waals surface area contributed by atoms with Crippen LogP contribution in [0.3, 0.4) is 0 Å². The predicted molar refractivity (Wildman–Crippen MR) is 114 cm³/mol. The van der Waals surface area contributed by atoms with Crippen molar-refractivity contribution in [2.75, 3.05) is 35.3 Å². The normalized spacial score (nSPS) is 10.4. The summed E-state index contributed by atoms with van der Waals surface area (Å²) < 4.78 is 0. The molecule has 0 aliphatic heterocycles. The molecule has 0 unspecified atom stereocenters. The standard InChI is InChI=1S/C17H18ClN5O4.ClH/c18-12-8-15(16(23(26)27)9-14(12)21-5-6-24)22-17(25)4-1-10-7-11(19)2-3-13(10)20;/h1-4,7-9,21,24H,5-6,19-20H2,(H,22,25);1H. The van der Waals surface area contributed by atoms with Crippen LogP contribution >= 0.6 is 24.0 Å². The van der Waals surface area contributed by atoms with Crippen LogP contribution in [0, 0.1) is 10.1 Å². The lowest BCUT2D eigenvalue weighted by molar-refractivity contribution is -0.383. The first-order valence-electron chi connectivity index (χ1n) is 7.78. The van der Waals surface area contributed by atoms with Crippen LogP contribution in [-0.2, 0) is 4.79 Å². The van der Waals surface area contributed by atoms with E-state index >= 15 is 0 Å². The van der Waals surface area contributed by atoms with Gasteiger partial charge in [0.05, 0.1) is 22.2 Å². The number of nitrogens with zero attached hydrogens (tertiary/aromatic N) is 1. The Kier molecular flexibility index (Phi) is 8.52. The minimum absolute atomic E-state index is 0. The van der Waals surface area contributed by atoms with E-state index in [0.717, 1.165) is 0 Å². The number of halogens is 2. The molecule has 0 spiro atoms. The monoisotopic (exact) mass is 427 g/mol. The number of carbonyl (C=O) groups is 1. The quantitative estimate of drug-likeness (QED) is 0.196. The van der Waals surface area contributed by atoms with Gasteiger partial charge < -0.3 is 27.2 Å². The summed E-state index contributed by atoms with van der Waals surface area (Å²) in [6.07, 6.45) is 2.63. The van der Waals surface area contributed by atoms with Crippen LogP contribution in [0.4, 0.5) is 28.4 Å². The lowest BCUT2D eigenvalue weighted by Gasteiger charge is -2.10. The zero-order valence-corrected chi connectivity index (χ0v) is 16.1. The summed E-state index contributed by atoms with van der Waals surface area (Å²) in [7, 11) is 0. The fourth-order valence-electron chi connectivity index (χ4n) is 2.22. The van der Waals surface area contributed by atoms with Crippen LogP contribution in [0.2, 0.25) is 5.02 Å². The summed E-state index contributed by atoms with van der Waals surface area (Å²) in [5, 5.41) is 25.5. The highest BCUT2D eigenvalue weighted by Crippen LogP contribution is 2.34. The number of rotatable bonds is 7. The number of aliphatic hydroxyl groups is 1. The van der Waals surface area contributed by atoms with Crippen LogP contribution in [0.25, 0.3) is 6.08 Å². The summed E-state index contributed by atoms with van der Waals surface area (Å²) >= 11 is 6.07. The number of nitrogens with one attached hydrogen (secondary N) is 2. The van der Waals surface area contributed by atoms with Gasteiger partial charge in [0.15, 0.2) is 0 Å². The largest absolute Gasteiger partial charge is 0.399 e. The molecule has 11 heteroatoms. The summed E-state index contributed by atoms with van der Waals surface area (Å²) in [4.78, 5) is 22.8. The number of anilines is 4. The Labute approximate surface area is 171 Å². The van der Waals surface area contributed by atoms with Crippen molar-refractivity contribution >= 4 is 64.4 Å². The Morgan fingerprint density at radius 3 is 2.61 bits per heavy atom. The van der Waals surface area contributed by atoms with Crippen LogP contribution in [0.5, 0.6) is 0 Å². The molecule has 2 aromatic carbocycles. The van der Waals surface area contributed by atoms with E-state index < -0.39 is 10.8 Å². The smallest absolute Gasteiger partial charge is 0.294 e. The highest BCUT2D eigenvalue weighted by molar-refractivity contribution is 6.33. The molecule has 28 heavy (non-hydrogen) atoms. The van der Waals surface area contributed by atoms with Crippen LogP contribution in [0.15, 0.2) is 36.4 Å². The molecule has 0 aromatic heterocycles. The van der Waals surface area contributed by atoms with Gasteiger partial charge in [0.25, 0.3) is 5.69 Å². The minimum atomic E-state index is -0.643. The number of aliphatic hydroxyl groups excluding tert-OH is 1. The molecular formula is C17H19Cl2N5O4. The number of nitro benzene ring substituents is 1. The number of nitrogen functional groups attached to an aromatic ring is 2. The number of amides is 1. The number of nitrogens with two attached hydrogens (primary N) is 2. The van der Waals surface area contributed by atoms with Gasteiger partial charge in [0.1, 0.15) is 5.69 Å².